The Morgan fingerprint density at radius 3 is 2.42 bits per heavy atom. The van der Waals surface area contributed by atoms with Crippen molar-refractivity contribution in [2.75, 3.05) is 6.61 Å². The summed E-state index contributed by atoms with van der Waals surface area (Å²) in [6, 6.07) is 5.68. The molecule has 0 saturated carbocycles. The third-order valence-electron chi connectivity index (χ3n) is 2.09. The Kier molecular flexibility index (Phi) is 2.84. The van der Waals surface area contributed by atoms with Crippen LogP contribution in [0.4, 0.5) is 0 Å². The molecular weight excluding hydrogens is 152 g/mol. The Morgan fingerprint density at radius 1 is 1.25 bits per heavy atom. The summed E-state index contributed by atoms with van der Waals surface area (Å²) in [7, 11) is 0. The molecule has 0 aliphatic heterocycles. The highest BCUT2D eigenvalue weighted by Crippen LogP contribution is 2.16. The highest BCUT2D eigenvalue weighted by Gasteiger charge is 2.05. The SMILES string of the molecule is Cc1ccc(C(O)CO)cc1C. The van der Waals surface area contributed by atoms with Crippen molar-refractivity contribution in [2.45, 2.75) is 20.0 Å². The van der Waals surface area contributed by atoms with Gasteiger partial charge in [-0.2, -0.15) is 0 Å². The lowest BCUT2D eigenvalue weighted by Crippen LogP contribution is -2.02. The monoisotopic (exact) mass is 166 g/mol. The van der Waals surface area contributed by atoms with Crippen LogP contribution in [0.25, 0.3) is 0 Å². The van der Waals surface area contributed by atoms with Gasteiger partial charge in [0, 0.05) is 0 Å². The molecule has 1 rings (SSSR count). The lowest BCUT2D eigenvalue weighted by atomic mass is 10.0. The van der Waals surface area contributed by atoms with Crippen molar-refractivity contribution in [3.63, 3.8) is 0 Å². The summed E-state index contributed by atoms with van der Waals surface area (Å²) in [6.07, 6.45) is -0.746. The molecule has 0 heterocycles. The van der Waals surface area contributed by atoms with Crippen molar-refractivity contribution in [2.24, 2.45) is 0 Å². The summed E-state index contributed by atoms with van der Waals surface area (Å²) in [6.45, 7) is 3.79. The minimum atomic E-state index is -0.746. The fraction of sp³-hybridized carbons (Fsp3) is 0.400. The van der Waals surface area contributed by atoms with Gasteiger partial charge in [-0.05, 0) is 30.5 Å². The maximum absolute atomic E-state index is 9.29. The topological polar surface area (TPSA) is 40.5 Å². The van der Waals surface area contributed by atoms with Crippen LogP contribution >= 0.6 is 0 Å². The van der Waals surface area contributed by atoms with Crippen LogP contribution in [0.1, 0.15) is 22.8 Å². The van der Waals surface area contributed by atoms with E-state index in [0.717, 1.165) is 11.1 Å². The van der Waals surface area contributed by atoms with E-state index in [1.54, 1.807) is 0 Å². The smallest absolute Gasteiger partial charge is 0.102 e. The van der Waals surface area contributed by atoms with Gasteiger partial charge in [0.25, 0.3) is 0 Å². The van der Waals surface area contributed by atoms with Crippen LogP contribution < -0.4 is 0 Å². The van der Waals surface area contributed by atoms with Crippen LogP contribution in [-0.4, -0.2) is 16.8 Å². The predicted octanol–water partition coefficient (Wildman–Crippen LogP) is 1.33. The number of hydrogen-bond acceptors (Lipinski definition) is 2. The van der Waals surface area contributed by atoms with E-state index in [1.807, 2.05) is 32.0 Å². The number of aryl methyl sites for hydroxylation is 2. The molecule has 12 heavy (non-hydrogen) atoms. The van der Waals surface area contributed by atoms with Gasteiger partial charge in [0.15, 0.2) is 0 Å². The molecule has 0 radical (unpaired) electrons. The second-order valence-electron chi connectivity index (χ2n) is 3.04. The molecule has 2 nitrogen and oxygen atoms in total. The van der Waals surface area contributed by atoms with Crippen molar-refractivity contribution >= 4 is 0 Å². The molecule has 2 heteroatoms. The van der Waals surface area contributed by atoms with E-state index in [4.69, 9.17) is 5.11 Å². The van der Waals surface area contributed by atoms with Crippen LogP contribution in [0.5, 0.6) is 0 Å². The van der Waals surface area contributed by atoms with Crippen LogP contribution in [-0.2, 0) is 0 Å². The summed E-state index contributed by atoms with van der Waals surface area (Å²) in [5.74, 6) is 0. The third-order valence-corrected chi connectivity index (χ3v) is 2.09. The molecule has 0 amide bonds. The standard InChI is InChI=1S/C10H14O2/c1-7-3-4-9(5-8(7)2)10(12)6-11/h3-5,10-12H,6H2,1-2H3. The minimum Gasteiger partial charge on any atom is -0.393 e. The molecule has 0 fully saturated rings. The first-order chi connectivity index (χ1) is 5.65. The van der Waals surface area contributed by atoms with Crippen molar-refractivity contribution in [3.05, 3.63) is 34.9 Å². The summed E-state index contributed by atoms with van der Waals surface area (Å²) in [5, 5.41) is 18.0. The van der Waals surface area contributed by atoms with Crippen LogP contribution in [0.2, 0.25) is 0 Å². The molecular formula is C10H14O2. The molecule has 0 aliphatic rings. The molecule has 0 aromatic heterocycles. The Hall–Kier alpha value is -0.860. The van der Waals surface area contributed by atoms with Gasteiger partial charge >= 0.3 is 0 Å². The Balaban J connectivity index is 2.96. The molecule has 0 bridgehead atoms. The largest absolute Gasteiger partial charge is 0.393 e. The number of aliphatic hydroxyl groups is 2. The van der Waals surface area contributed by atoms with Gasteiger partial charge < -0.3 is 10.2 Å². The van der Waals surface area contributed by atoms with Crippen molar-refractivity contribution in [3.8, 4) is 0 Å². The van der Waals surface area contributed by atoms with Gasteiger partial charge in [0.1, 0.15) is 6.10 Å². The Bertz CT molecular complexity index is 269. The third kappa shape index (κ3) is 1.84. The summed E-state index contributed by atoms with van der Waals surface area (Å²) >= 11 is 0. The summed E-state index contributed by atoms with van der Waals surface area (Å²) in [4.78, 5) is 0. The Labute approximate surface area is 72.5 Å². The molecule has 0 spiro atoms. The van der Waals surface area contributed by atoms with Gasteiger partial charge in [-0.1, -0.05) is 18.2 Å². The van der Waals surface area contributed by atoms with Crippen molar-refractivity contribution in [1.82, 2.24) is 0 Å². The summed E-state index contributed by atoms with van der Waals surface area (Å²) < 4.78 is 0. The van der Waals surface area contributed by atoms with E-state index in [-0.39, 0.29) is 6.61 Å². The molecule has 1 aromatic rings. The Morgan fingerprint density at radius 2 is 1.92 bits per heavy atom. The quantitative estimate of drug-likeness (QED) is 0.695. The predicted molar refractivity (Wildman–Crippen MR) is 48.0 cm³/mol. The highest BCUT2D eigenvalue weighted by molar-refractivity contribution is 5.31. The first-order valence-corrected chi connectivity index (χ1v) is 4.01. The van der Waals surface area contributed by atoms with Gasteiger partial charge in [-0.25, -0.2) is 0 Å². The van der Waals surface area contributed by atoms with E-state index in [9.17, 15) is 5.11 Å². The lowest BCUT2D eigenvalue weighted by molar-refractivity contribution is 0.0956. The normalized spacial score (nSPS) is 13.0. The first-order valence-electron chi connectivity index (χ1n) is 4.01. The van der Waals surface area contributed by atoms with Gasteiger partial charge in [-0.3, -0.25) is 0 Å². The fourth-order valence-electron chi connectivity index (χ4n) is 1.08. The van der Waals surface area contributed by atoms with E-state index in [0.29, 0.717) is 0 Å². The minimum absolute atomic E-state index is 0.220. The second-order valence-corrected chi connectivity index (χ2v) is 3.04. The molecule has 1 atom stereocenters. The molecule has 66 valence electrons. The number of hydrogen-bond donors (Lipinski definition) is 2. The summed E-state index contributed by atoms with van der Waals surface area (Å²) in [5.41, 5.74) is 3.12. The lowest BCUT2D eigenvalue weighted by Gasteiger charge is -2.09. The molecule has 0 saturated heterocycles. The average Bonchev–Trinajstić information content (AvgIpc) is 2.08. The maximum atomic E-state index is 9.29. The van der Waals surface area contributed by atoms with Gasteiger partial charge in [0.2, 0.25) is 0 Å². The van der Waals surface area contributed by atoms with E-state index in [1.165, 1.54) is 5.56 Å². The van der Waals surface area contributed by atoms with Crippen molar-refractivity contribution < 1.29 is 10.2 Å². The van der Waals surface area contributed by atoms with Gasteiger partial charge in [0.05, 0.1) is 6.61 Å². The number of rotatable bonds is 2. The molecule has 1 unspecified atom stereocenters. The molecule has 0 aliphatic carbocycles. The zero-order valence-electron chi connectivity index (χ0n) is 7.41. The van der Waals surface area contributed by atoms with E-state index < -0.39 is 6.10 Å². The molecule has 1 aromatic carbocycles. The van der Waals surface area contributed by atoms with Crippen molar-refractivity contribution in [1.29, 1.82) is 0 Å². The number of benzene rings is 1. The van der Waals surface area contributed by atoms with Crippen LogP contribution in [0, 0.1) is 13.8 Å². The molecule has 2 N–H and O–H groups in total. The zero-order chi connectivity index (χ0) is 9.14. The fourth-order valence-corrected chi connectivity index (χ4v) is 1.08. The second kappa shape index (κ2) is 3.70. The van der Waals surface area contributed by atoms with Crippen LogP contribution in [0.15, 0.2) is 18.2 Å². The van der Waals surface area contributed by atoms with Gasteiger partial charge in [-0.15, -0.1) is 0 Å². The first kappa shape index (κ1) is 9.23. The van der Waals surface area contributed by atoms with E-state index >= 15 is 0 Å². The van der Waals surface area contributed by atoms with Crippen LogP contribution in [0.3, 0.4) is 0 Å². The van der Waals surface area contributed by atoms with E-state index in [2.05, 4.69) is 0 Å². The maximum Gasteiger partial charge on any atom is 0.102 e. The number of aliphatic hydroxyl groups excluding tert-OH is 2. The highest BCUT2D eigenvalue weighted by atomic mass is 16.3. The zero-order valence-corrected chi connectivity index (χ0v) is 7.41. The average molecular weight is 166 g/mol.